The summed E-state index contributed by atoms with van der Waals surface area (Å²) in [6, 6.07) is 2.10. The highest BCUT2D eigenvalue weighted by molar-refractivity contribution is 5.75. The Labute approximate surface area is 120 Å². The van der Waals surface area contributed by atoms with Gasteiger partial charge in [-0.1, -0.05) is 13.8 Å². The predicted octanol–water partition coefficient (Wildman–Crippen LogP) is 2.14. The summed E-state index contributed by atoms with van der Waals surface area (Å²) in [6.07, 6.45) is 0.735. The fraction of sp³-hybridized carbons (Fsp3) is 0.733. The van der Waals surface area contributed by atoms with E-state index in [-0.39, 0.29) is 5.92 Å². The molecule has 2 heterocycles. The maximum Gasteiger partial charge on any atom is 0.311 e. The van der Waals surface area contributed by atoms with Crippen molar-refractivity contribution in [3.63, 3.8) is 0 Å². The number of carboxylic acids is 1. The van der Waals surface area contributed by atoms with E-state index in [4.69, 9.17) is 0 Å². The van der Waals surface area contributed by atoms with Crippen LogP contribution >= 0.6 is 0 Å². The molecule has 0 saturated carbocycles. The van der Waals surface area contributed by atoms with E-state index in [9.17, 15) is 9.90 Å². The van der Waals surface area contributed by atoms with Gasteiger partial charge in [-0.15, -0.1) is 0 Å². The maximum atomic E-state index is 11.6. The van der Waals surface area contributed by atoms with Gasteiger partial charge in [0.15, 0.2) is 0 Å². The molecule has 0 aromatic carbocycles. The van der Waals surface area contributed by atoms with E-state index in [1.807, 2.05) is 25.5 Å². The van der Waals surface area contributed by atoms with Gasteiger partial charge in [0, 0.05) is 19.6 Å². The van der Waals surface area contributed by atoms with Gasteiger partial charge in [0.1, 0.15) is 0 Å². The quantitative estimate of drug-likeness (QED) is 0.897. The van der Waals surface area contributed by atoms with Crippen LogP contribution in [-0.4, -0.2) is 38.8 Å². The van der Waals surface area contributed by atoms with Gasteiger partial charge in [0.05, 0.1) is 16.8 Å². The molecule has 1 atom stereocenters. The predicted molar refractivity (Wildman–Crippen MR) is 77.4 cm³/mol. The van der Waals surface area contributed by atoms with E-state index in [1.54, 1.807) is 0 Å². The third-order valence-electron chi connectivity index (χ3n) is 4.58. The van der Waals surface area contributed by atoms with Gasteiger partial charge in [-0.3, -0.25) is 14.4 Å². The molecule has 1 aromatic rings. The van der Waals surface area contributed by atoms with Crippen molar-refractivity contribution in [1.82, 2.24) is 14.7 Å². The number of rotatable bonds is 5. The second kappa shape index (κ2) is 5.56. The van der Waals surface area contributed by atoms with Crippen LogP contribution in [0.1, 0.15) is 38.6 Å². The fourth-order valence-corrected chi connectivity index (χ4v) is 3.17. The van der Waals surface area contributed by atoms with Crippen molar-refractivity contribution in [2.45, 2.75) is 47.2 Å². The first-order chi connectivity index (χ1) is 9.39. The van der Waals surface area contributed by atoms with E-state index in [2.05, 4.69) is 23.0 Å². The zero-order chi connectivity index (χ0) is 14.9. The number of aryl methyl sites for hydroxylation is 2. The van der Waals surface area contributed by atoms with E-state index in [1.165, 1.54) is 5.69 Å². The van der Waals surface area contributed by atoms with Crippen LogP contribution in [0.5, 0.6) is 0 Å². The van der Waals surface area contributed by atoms with Crippen LogP contribution in [0, 0.1) is 18.3 Å². The summed E-state index contributed by atoms with van der Waals surface area (Å²) in [5.74, 6) is -0.502. The molecule has 1 N–H and O–H groups in total. The van der Waals surface area contributed by atoms with Crippen LogP contribution in [0.2, 0.25) is 0 Å². The normalized spacial score (nSPS) is 23.6. The number of hydrogen-bond donors (Lipinski definition) is 1. The zero-order valence-electron chi connectivity index (χ0n) is 12.9. The third kappa shape index (κ3) is 2.59. The molecule has 0 aliphatic carbocycles. The molecule has 5 heteroatoms. The van der Waals surface area contributed by atoms with Crippen LogP contribution in [0.15, 0.2) is 6.07 Å². The topological polar surface area (TPSA) is 58.4 Å². The molecule has 5 nitrogen and oxygen atoms in total. The Hall–Kier alpha value is -1.36. The number of hydrogen-bond acceptors (Lipinski definition) is 3. The highest BCUT2D eigenvalue weighted by Crippen LogP contribution is 2.38. The van der Waals surface area contributed by atoms with Crippen LogP contribution < -0.4 is 0 Å². The van der Waals surface area contributed by atoms with Crippen LogP contribution in [0.25, 0.3) is 0 Å². The summed E-state index contributed by atoms with van der Waals surface area (Å²) in [7, 11) is 0. The van der Waals surface area contributed by atoms with Gasteiger partial charge in [-0.25, -0.2) is 0 Å². The highest BCUT2D eigenvalue weighted by atomic mass is 16.4. The Kier molecular flexibility index (Phi) is 4.18. The SMILES string of the molecule is CCn1nc(C)cc1CN1CCC(C(=O)O)(C(C)C)C1. The van der Waals surface area contributed by atoms with Crippen molar-refractivity contribution in [2.75, 3.05) is 13.1 Å². The smallest absolute Gasteiger partial charge is 0.311 e. The fourth-order valence-electron chi connectivity index (χ4n) is 3.17. The average molecular weight is 279 g/mol. The first-order valence-electron chi connectivity index (χ1n) is 7.38. The lowest BCUT2D eigenvalue weighted by molar-refractivity contribution is -0.151. The molecular weight excluding hydrogens is 254 g/mol. The number of carboxylic acid groups (broad SMARTS) is 1. The lowest BCUT2D eigenvalue weighted by atomic mass is 9.76. The molecular formula is C15H25N3O2. The van der Waals surface area contributed by atoms with Crippen molar-refractivity contribution in [1.29, 1.82) is 0 Å². The summed E-state index contributed by atoms with van der Waals surface area (Å²) in [4.78, 5) is 13.9. The van der Waals surface area contributed by atoms with E-state index in [0.717, 1.165) is 31.7 Å². The molecule has 0 amide bonds. The zero-order valence-corrected chi connectivity index (χ0v) is 12.9. The van der Waals surface area contributed by atoms with Crippen LogP contribution in [-0.2, 0) is 17.9 Å². The van der Waals surface area contributed by atoms with Crippen LogP contribution in [0.3, 0.4) is 0 Å². The summed E-state index contributed by atoms with van der Waals surface area (Å²) < 4.78 is 2.01. The molecule has 0 spiro atoms. The lowest BCUT2D eigenvalue weighted by Gasteiger charge is -2.28. The van der Waals surface area contributed by atoms with Gasteiger partial charge in [-0.2, -0.15) is 5.10 Å². The van der Waals surface area contributed by atoms with Gasteiger partial charge in [0.2, 0.25) is 0 Å². The van der Waals surface area contributed by atoms with Gasteiger partial charge >= 0.3 is 5.97 Å². The second-order valence-corrected chi connectivity index (χ2v) is 6.17. The molecule has 1 unspecified atom stereocenters. The molecule has 0 radical (unpaired) electrons. The summed E-state index contributed by atoms with van der Waals surface area (Å²) >= 11 is 0. The first-order valence-corrected chi connectivity index (χ1v) is 7.38. The lowest BCUT2D eigenvalue weighted by Crippen LogP contribution is -2.39. The Morgan fingerprint density at radius 2 is 2.25 bits per heavy atom. The van der Waals surface area contributed by atoms with Crippen molar-refractivity contribution in [3.8, 4) is 0 Å². The van der Waals surface area contributed by atoms with E-state index < -0.39 is 11.4 Å². The van der Waals surface area contributed by atoms with E-state index >= 15 is 0 Å². The Bertz CT molecular complexity index is 495. The number of aliphatic carboxylic acids is 1. The van der Waals surface area contributed by atoms with Crippen molar-refractivity contribution in [3.05, 3.63) is 17.5 Å². The Morgan fingerprint density at radius 3 is 2.75 bits per heavy atom. The minimum atomic E-state index is -0.657. The minimum Gasteiger partial charge on any atom is -0.481 e. The van der Waals surface area contributed by atoms with E-state index in [0.29, 0.717) is 6.54 Å². The van der Waals surface area contributed by atoms with Crippen molar-refractivity contribution < 1.29 is 9.90 Å². The van der Waals surface area contributed by atoms with Gasteiger partial charge < -0.3 is 5.11 Å². The summed E-state index contributed by atoms with van der Waals surface area (Å²) in [5.41, 5.74) is 1.61. The molecule has 20 heavy (non-hydrogen) atoms. The van der Waals surface area contributed by atoms with Crippen molar-refractivity contribution in [2.24, 2.45) is 11.3 Å². The molecule has 1 aromatic heterocycles. The summed E-state index contributed by atoms with van der Waals surface area (Å²) in [6.45, 7) is 11.2. The Balaban J connectivity index is 2.11. The molecule has 1 fully saturated rings. The molecule has 2 rings (SSSR count). The minimum absolute atomic E-state index is 0.155. The molecule has 1 aliphatic heterocycles. The van der Waals surface area contributed by atoms with Gasteiger partial charge in [0.25, 0.3) is 0 Å². The number of aromatic nitrogens is 2. The largest absolute Gasteiger partial charge is 0.481 e. The van der Waals surface area contributed by atoms with Gasteiger partial charge in [-0.05, 0) is 38.8 Å². The monoisotopic (exact) mass is 279 g/mol. The highest BCUT2D eigenvalue weighted by Gasteiger charge is 2.47. The molecule has 0 bridgehead atoms. The number of nitrogens with zero attached hydrogens (tertiary/aromatic N) is 3. The van der Waals surface area contributed by atoms with Crippen LogP contribution in [0.4, 0.5) is 0 Å². The average Bonchev–Trinajstić information content (AvgIpc) is 2.94. The maximum absolute atomic E-state index is 11.6. The van der Waals surface area contributed by atoms with Crippen molar-refractivity contribution >= 4 is 5.97 Å². The molecule has 1 saturated heterocycles. The third-order valence-corrected chi connectivity index (χ3v) is 4.58. The second-order valence-electron chi connectivity index (χ2n) is 6.17. The Morgan fingerprint density at radius 1 is 1.55 bits per heavy atom. The number of likely N-dealkylation sites (tertiary alicyclic amines) is 1. The first kappa shape index (κ1) is 15.0. The molecule has 1 aliphatic rings. The standard InChI is InChI=1S/C15H25N3O2/c1-5-18-13(8-12(4)16-18)9-17-7-6-15(10-17,11(2)3)14(19)20/h8,11H,5-7,9-10H2,1-4H3,(H,19,20). The molecule has 112 valence electrons. The summed E-state index contributed by atoms with van der Waals surface area (Å²) in [5, 5.41) is 14.0. The number of carbonyl (C=O) groups is 1.